The first-order valence-corrected chi connectivity index (χ1v) is 7.90. The summed E-state index contributed by atoms with van der Waals surface area (Å²) in [6, 6.07) is 4.97. The van der Waals surface area contributed by atoms with E-state index in [0.29, 0.717) is 22.3 Å². The van der Waals surface area contributed by atoms with Crippen LogP contribution >= 0.6 is 23.2 Å². The normalized spacial score (nSPS) is 10.9. The van der Waals surface area contributed by atoms with Gasteiger partial charge in [-0.2, -0.15) is 0 Å². The Kier molecular flexibility index (Phi) is 8.69. The van der Waals surface area contributed by atoms with Crippen LogP contribution in [0.25, 0.3) is 0 Å². The minimum absolute atomic E-state index is 0.114. The van der Waals surface area contributed by atoms with Gasteiger partial charge in [-0.1, -0.05) is 30.1 Å². The van der Waals surface area contributed by atoms with Crippen molar-refractivity contribution in [2.45, 2.75) is 26.2 Å². The molecule has 0 aliphatic rings. The Labute approximate surface area is 136 Å². The minimum atomic E-state index is -0.114. The number of anilines is 1. The second-order valence-electron chi connectivity index (χ2n) is 4.88. The first-order chi connectivity index (χ1) is 10.1. The third-order valence-corrected chi connectivity index (χ3v) is 3.56. The average Bonchev–Trinajstić information content (AvgIpc) is 2.43. The van der Waals surface area contributed by atoms with Crippen molar-refractivity contribution >= 4 is 34.8 Å². The van der Waals surface area contributed by atoms with Crippen molar-refractivity contribution in [1.82, 2.24) is 4.90 Å². The molecule has 0 radical (unpaired) electrons. The van der Waals surface area contributed by atoms with E-state index in [1.54, 1.807) is 18.2 Å². The number of aliphatic hydroxyl groups excluding tert-OH is 1. The highest BCUT2D eigenvalue weighted by molar-refractivity contribution is 6.35. The van der Waals surface area contributed by atoms with Gasteiger partial charge in [-0.05, 0) is 50.6 Å². The molecule has 0 saturated heterocycles. The van der Waals surface area contributed by atoms with E-state index in [9.17, 15) is 4.79 Å². The number of amides is 1. The van der Waals surface area contributed by atoms with Crippen LogP contribution in [-0.2, 0) is 4.79 Å². The van der Waals surface area contributed by atoms with E-state index in [-0.39, 0.29) is 12.5 Å². The number of carbonyl (C=O) groups excluding carboxylic acids is 1. The molecule has 0 fully saturated rings. The van der Waals surface area contributed by atoms with Crippen LogP contribution in [0, 0.1) is 0 Å². The highest BCUT2D eigenvalue weighted by Gasteiger charge is 2.11. The number of rotatable bonds is 9. The standard InChI is InChI=1S/C15H22Cl2N2O2/c1-2-7-19(8-3-4-9-20)11-15(21)18-14-10-12(16)5-6-13(14)17/h5-6,10,20H,2-4,7-9,11H2,1H3,(H,18,21). The summed E-state index contributed by atoms with van der Waals surface area (Å²) in [4.78, 5) is 14.2. The minimum Gasteiger partial charge on any atom is -0.396 e. The molecule has 1 amide bonds. The molecule has 2 N–H and O–H groups in total. The van der Waals surface area contributed by atoms with E-state index in [0.717, 1.165) is 32.4 Å². The summed E-state index contributed by atoms with van der Waals surface area (Å²) in [6.45, 7) is 4.21. The lowest BCUT2D eigenvalue weighted by atomic mass is 10.2. The summed E-state index contributed by atoms with van der Waals surface area (Å²) in [7, 11) is 0. The van der Waals surface area contributed by atoms with Gasteiger partial charge in [-0.3, -0.25) is 9.69 Å². The fourth-order valence-electron chi connectivity index (χ4n) is 2.02. The molecule has 118 valence electrons. The van der Waals surface area contributed by atoms with Crippen LogP contribution in [0.2, 0.25) is 10.0 Å². The van der Waals surface area contributed by atoms with E-state index in [1.807, 2.05) is 0 Å². The van der Waals surface area contributed by atoms with E-state index in [1.165, 1.54) is 0 Å². The predicted molar refractivity (Wildman–Crippen MR) is 88.1 cm³/mol. The molecule has 0 bridgehead atoms. The first-order valence-electron chi connectivity index (χ1n) is 7.15. The van der Waals surface area contributed by atoms with Crippen molar-refractivity contribution in [1.29, 1.82) is 0 Å². The zero-order valence-electron chi connectivity index (χ0n) is 12.2. The van der Waals surface area contributed by atoms with Crippen LogP contribution in [0.3, 0.4) is 0 Å². The third kappa shape index (κ3) is 7.14. The van der Waals surface area contributed by atoms with Crippen LogP contribution < -0.4 is 5.32 Å². The lowest BCUT2D eigenvalue weighted by molar-refractivity contribution is -0.117. The topological polar surface area (TPSA) is 52.6 Å². The maximum Gasteiger partial charge on any atom is 0.238 e. The van der Waals surface area contributed by atoms with Gasteiger partial charge in [0.1, 0.15) is 0 Å². The number of carbonyl (C=O) groups is 1. The molecule has 0 saturated carbocycles. The molecule has 0 unspecified atom stereocenters. The van der Waals surface area contributed by atoms with Crippen LogP contribution in [0.1, 0.15) is 26.2 Å². The Bertz CT molecular complexity index is 455. The number of unbranched alkanes of at least 4 members (excludes halogenated alkanes) is 1. The molecule has 4 nitrogen and oxygen atoms in total. The van der Waals surface area contributed by atoms with Gasteiger partial charge in [0, 0.05) is 11.6 Å². The Hall–Kier alpha value is -0.810. The van der Waals surface area contributed by atoms with Crippen molar-refractivity contribution in [3.8, 4) is 0 Å². The van der Waals surface area contributed by atoms with E-state index < -0.39 is 0 Å². The number of hydrogen-bond donors (Lipinski definition) is 2. The van der Waals surface area contributed by atoms with Gasteiger partial charge in [0.2, 0.25) is 5.91 Å². The predicted octanol–water partition coefficient (Wildman–Crippen LogP) is 3.42. The second-order valence-corrected chi connectivity index (χ2v) is 5.72. The Morgan fingerprint density at radius 2 is 2.05 bits per heavy atom. The summed E-state index contributed by atoms with van der Waals surface area (Å²) >= 11 is 11.9. The SMILES string of the molecule is CCCN(CCCCO)CC(=O)Nc1cc(Cl)ccc1Cl. The Morgan fingerprint density at radius 1 is 1.29 bits per heavy atom. The highest BCUT2D eigenvalue weighted by Crippen LogP contribution is 2.25. The first kappa shape index (κ1) is 18.2. The Balaban J connectivity index is 2.54. The summed E-state index contributed by atoms with van der Waals surface area (Å²) in [6.07, 6.45) is 2.61. The van der Waals surface area contributed by atoms with Crippen LogP contribution in [0.4, 0.5) is 5.69 Å². The number of aliphatic hydroxyl groups is 1. The molecule has 1 rings (SSSR count). The monoisotopic (exact) mass is 332 g/mol. The summed E-state index contributed by atoms with van der Waals surface area (Å²) < 4.78 is 0. The van der Waals surface area contributed by atoms with Crippen molar-refractivity contribution in [3.05, 3.63) is 28.2 Å². The van der Waals surface area contributed by atoms with Gasteiger partial charge < -0.3 is 10.4 Å². The molecular weight excluding hydrogens is 311 g/mol. The molecule has 1 aromatic rings. The third-order valence-electron chi connectivity index (χ3n) is 2.99. The van der Waals surface area contributed by atoms with E-state index >= 15 is 0 Å². The molecule has 1 aromatic carbocycles. The summed E-state index contributed by atoms with van der Waals surface area (Å²) in [5.74, 6) is -0.114. The highest BCUT2D eigenvalue weighted by atomic mass is 35.5. The molecule has 0 aromatic heterocycles. The zero-order chi connectivity index (χ0) is 15.7. The van der Waals surface area contributed by atoms with Crippen molar-refractivity contribution in [3.63, 3.8) is 0 Å². The van der Waals surface area contributed by atoms with Crippen LogP contribution in [-0.4, -0.2) is 42.2 Å². The molecule has 0 heterocycles. The van der Waals surface area contributed by atoms with Gasteiger partial charge in [-0.15, -0.1) is 0 Å². The molecule has 21 heavy (non-hydrogen) atoms. The van der Waals surface area contributed by atoms with Crippen molar-refractivity contribution in [2.75, 3.05) is 31.6 Å². The number of benzene rings is 1. The second kappa shape index (κ2) is 10.0. The van der Waals surface area contributed by atoms with Gasteiger partial charge in [0.15, 0.2) is 0 Å². The quantitative estimate of drug-likeness (QED) is 0.681. The zero-order valence-corrected chi connectivity index (χ0v) is 13.8. The fraction of sp³-hybridized carbons (Fsp3) is 0.533. The summed E-state index contributed by atoms with van der Waals surface area (Å²) in [5, 5.41) is 12.6. The average molecular weight is 333 g/mol. The molecule has 6 heteroatoms. The molecule has 0 spiro atoms. The molecular formula is C15H22Cl2N2O2. The molecule has 0 aliphatic heterocycles. The number of nitrogens with zero attached hydrogens (tertiary/aromatic N) is 1. The maximum absolute atomic E-state index is 12.1. The lowest BCUT2D eigenvalue weighted by Gasteiger charge is -2.21. The van der Waals surface area contributed by atoms with E-state index in [4.69, 9.17) is 28.3 Å². The van der Waals surface area contributed by atoms with Crippen LogP contribution in [0.5, 0.6) is 0 Å². The molecule has 0 atom stereocenters. The Morgan fingerprint density at radius 3 is 2.71 bits per heavy atom. The van der Waals surface area contributed by atoms with E-state index in [2.05, 4.69) is 17.1 Å². The molecule has 0 aliphatic carbocycles. The number of hydrogen-bond acceptors (Lipinski definition) is 3. The van der Waals surface area contributed by atoms with Crippen molar-refractivity contribution in [2.24, 2.45) is 0 Å². The van der Waals surface area contributed by atoms with Gasteiger partial charge in [0.25, 0.3) is 0 Å². The smallest absolute Gasteiger partial charge is 0.238 e. The number of nitrogens with one attached hydrogen (secondary N) is 1. The lowest BCUT2D eigenvalue weighted by Crippen LogP contribution is -2.34. The van der Waals surface area contributed by atoms with Gasteiger partial charge in [0.05, 0.1) is 17.3 Å². The fourth-order valence-corrected chi connectivity index (χ4v) is 2.36. The van der Waals surface area contributed by atoms with Crippen molar-refractivity contribution < 1.29 is 9.90 Å². The van der Waals surface area contributed by atoms with Gasteiger partial charge in [-0.25, -0.2) is 0 Å². The summed E-state index contributed by atoms with van der Waals surface area (Å²) in [5.41, 5.74) is 0.529. The van der Waals surface area contributed by atoms with Crippen LogP contribution in [0.15, 0.2) is 18.2 Å². The largest absolute Gasteiger partial charge is 0.396 e. The van der Waals surface area contributed by atoms with Gasteiger partial charge >= 0.3 is 0 Å². The maximum atomic E-state index is 12.1. The number of halogens is 2.